The van der Waals surface area contributed by atoms with Gasteiger partial charge in [0.05, 0.1) is 0 Å². The van der Waals surface area contributed by atoms with E-state index in [4.69, 9.17) is 9.47 Å². The van der Waals surface area contributed by atoms with Crippen molar-refractivity contribution in [3.8, 4) is 22.5 Å². The molecule has 0 radical (unpaired) electrons. The van der Waals surface area contributed by atoms with E-state index in [1.807, 2.05) is 41.5 Å². The number of ether oxygens (including phenoxy) is 2. The second-order valence-electron chi connectivity index (χ2n) is 25.2. The monoisotopic (exact) mass is 1350 g/mol. The van der Waals surface area contributed by atoms with Gasteiger partial charge in [0.2, 0.25) is 11.6 Å². The highest BCUT2D eigenvalue weighted by atomic mass is 19.4. The highest BCUT2D eigenvalue weighted by Crippen LogP contribution is 2.40. The topological polar surface area (TPSA) is 197 Å². The lowest BCUT2D eigenvalue weighted by Crippen LogP contribution is -2.41. The third-order valence-corrected chi connectivity index (χ3v) is 14.9. The number of likely N-dealkylation sites (tertiary alicyclic amines) is 2. The van der Waals surface area contributed by atoms with Crippen molar-refractivity contribution >= 4 is 35.8 Å². The van der Waals surface area contributed by atoms with Gasteiger partial charge in [0, 0.05) is 67.0 Å². The van der Waals surface area contributed by atoms with Crippen molar-refractivity contribution in [2.75, 3.05) is 39.3 Å². The van der Waals surface area contributed by atoms with Gasteiger partial charge in [-0.3, -0.25) is 14.4 Å². The van der Waals surface area contributed by atoms with Gasteiger partial charge in [0.25, 0.3) is 0 Å². The summed E-state index contributed by atoms with van der Waals surface area (Å²) in [6.07, 6.45) is -14.9. The van der Waals surface area contributed by atoms with Crippen molar-refractivity contribution in [3.05, 3.63) is 153 Å². The van der Waals surface area contributed by atoms with Crippen molar-refractivity contribution < 1.29 is 90.9 Å². The summed E-state index contributed by atoms with van der Waals surface area (Å²) in [6.45, 7) is 22.0. The fourth-order valence-corrected chi connectivity index (χ4v) is 9.68. The maximum atomic E-state index is 13.6. The summed E-state index contributed by atoms with van der Waals surface area (Å²) < 4.78 is 163. The molecule has 3 saturated heterocycles. The number of nitrogens with one attached hydrogen (secondary N) is 3. The lowest BCUT2D eigenvalue weighted by atomic mass is 9.96. The van der Waals surface area contributed by atoms with Crippen LogP contribution in [0.25, 0.3) is 22.5 Å². The summed E-state index contributed by atoms with van der Waals surface area (Å²) >= 11 is 0. The number of alkyl halides is 12. The number of imidazole rings is 2. The Morgan fingerprint density at radius 2 is 0.842 bits per heavy atom. The van der Waals surface area contributed by atoms with E-state index >= 15 is 0 Å². The number of amides is 2. The molecule has 2 aromatic heterocycles. The molecule has 0 spiro atoms. The molecule has 27 heteroatoms. The molecule has 4 aromatic carbocycles. The summed E-state index contributed by atoms with van der Waals surface area (Å²) in [4.78, 5) is 83.5. The molecule has 0 unspecified atom stereocenters. The van der Waals surface area contributed by atoms with Gasteiger partial charge in [-0.15, -0.1) is 0 Å². The first-order chi connectivity index (χ1) is 44.0. The van der Waals surface area contributed by atoms with Gasteiger partial charge in [-0.2, -0.15) is 52.7 Å². The Kier molecular flexibility index (Phi) is 26.8. The van der Waals surface area contributed by atoms with E-state index in [2.05, 4.69) is 25.3 Å². The molecule has 3 aliphatic rings. The molecule has 15 nitrogen and oxygen atoms in total. The largest absolute Gasteiger partial charge is 0.458 e. The number of ketones is 3. The van der Waals surface area contributed by atoms with Crippen molar-refractivity contribution in [2.45, 2.75) is 162 Å². The molecule has 6 aromatic rings. The van der Waals surface area contributed by atoms with Crippen LogP contribution in [0.4, 0.5) is 62.3 Å². The lowest BCUT2D eigenvalue weighted by Gasteiger charge is -2.32. The van der Waals surface area contributed by atoms with Crippen LogP contribution in [0.15, 0.2) is 97.1 Å². The quantitative estimate of drug-likeness (QED) is 0.0539. The molecule has 2 amide bonds. The van der Waals surface area contributed by atoms with Crippen LogP contribution < -0.4 is 5.32 Å². The minimum Gasteiger partial charge on any atom is -0.444 e. The second-order valence-corrected chi connectivity index (χ2v) is 25.2. The summed E-state index contributed by atoms with van der Waals surface area (Å²) in [5.74, 6) is -4.81. The highest BCUT2D eigenvalue weighted by Gasteiger charge is 2.44. The van der Waals surface area contributed by atoms with Crippen molar-refractivity contribution in [1.29, 1.82) is 0 Å². The number of halogens is 12. The zero-order valence-electron chi connectivity index (χ0n) is 54.3. The van der Waals surface area contributed by atoms with E-state index in [0.717, 1.165) is 67.3 Å². The minimum absolute atomic E-state index is 0.000956. The Morgan fingerprint density at radius 3 is 1.18 bits per heavy atom. The fourth-order valence-electron chi connectivity index (χ4n) is 9.68. The number of benzene rings is 4. The van der Waals surface area contributed by atoms with E-state index in [1.54, 1.807) is 98.2 Å². The van der Waals surface area contributed by atoms with Gasteiger partial charge in [0.15, 0.2) is 0 Å². The number of carbonyl (C=O) groups excluding carboxylic acids is 6. The molecule has 3 aliphatic heterocycles. The summed E-state index contributed by atoms with van der Waals surface area (Å²) in [6, 6.07) is 25.5. The van der Waals surface area contributed by atoms with Crippen molar-refractivity contribution in [3.63, 3.8) is 0 Å². The number of aldehydes is 1. The van der Waals surface area contributed by atoms with E-state index in [0.29, 0.717) is 67.4 Å². The van der Waals surface area contributed by atoms with Crippen LogP contribution in [0.1, 0.15) is 153 Å². The SMILES string of the molecule is CC(C)(C)OC(=O)N1CCC(C=O)CC1.Cc1ccc(-c2nc(C3CCN(C(=O)OC(C)(C)C)CC3)[nH]c2C(F)(F)F)cc1.Cc1ccc(-c2nc(C3CCNCC3)[nH]c2C(F)(F)F)cc1.Cc1ccc(C(=O)C(=O)C(F)(F)F)cc1.Cc1ccc(CC(=O)C(F)(F)F)cc1. The van der Waals surface area contributed by atoms with Crippen LogP contribution in [0.5, 0.6) is 0 Å². The van der Waals surface area contributed by atoms with E-state index < -0.39 is 77.2 Å². The lowest BCUT2D eigenvalue weighted by molar-refractivity contribution is -0.170. The first-order valence-corrected chi connectivity index (χ1v) is 30.5. The maximum absolute atomic E-state index is 13.6. The Hall–Kier alpha value is -8.36. The van der Waals surface area contributed by atoms with Gasteiger partial charge in [-0.1, -0.05) is 119 Å². The third kappa shape index (κ3) is 24.7. The summed E-state index contributed by atoms with van der Waals surface area (Å²) in [5, 5.41) is 3.21. The average molecular weight is 1350 g/mol. The fraction of sp³-hybridized carbons (Fsp3) is 0.471. The van der Waals surface area contributed by atoms with Crippen LogP contribution in [-0.4, -0.2) is 128 Å². The smallest absolute Gasteiger partial charge is 0.444 e. The number of hydrogen-bond donors (Lipinski definition) is 3. The first-order valence-electron chi connectivity index (χ1n) is 30.5. The van der Waals surface area contributed by atoms with E-state index in [-0.39, 0.29) is 40.8 Å². The zero-order valence-corrected chi connectivity index (χ0v) is 54.3. The molecule has 0 bridgehead atoms. The van der Waals surface area contributed by atoms with Gasteiger partial charge >= 0.3 is 42.7 Å². The predicted octanol–water partition coefficient (Wildman–Crippen LogP) is 16.2. The molecular formula is C68H79F12N7O8. The number of Topliss-reactive ketones (excluding diaryl/α,β-unsaturated/α-hetero) is 3. The van der Waals surface area contributed by atoms with Gasteiger partial charge in [0.1, 0.15) is 51.9 Å². The van der Waals surface area contributed by atoms with Gasteiger partial charge in [-0.05, 0) is 126 Å². The maximum Gasteiger partial charge on any atom is 0.458 e. The average Bonchev–Trinajstić information content (AvgIpc) is 1.65. The van der Waals surface area contributed by atoms with Crippen LogP contribution >= 0.6 is 0 Å². The first kappa shape index (κ1) is 77.3. The van der Waals surface area contributed by atoms with Crippen LogP contribution in [0.3, 0.4) is 0 Å². The third-order valence-electron chi connectivity index (χ3n) is 14.9. The Balaban J connectivity index is 0.000000222. The summed E-state index contributed by atoms with van der Waals surface area (Å²) in [7, 11) is 0. The molecule has 0 atom stereocenters. The highest BCUT2D eigenvalue weighted by molar-refractivity contribution is 6.45. The molecular weight excluding hydrogens is 1270 g/mol. The number of rotatable bonds is 9. The Morgan fingerprint density at radius 1 is 0.495 bits per heavy atom. The number of hydrogen-bond acceptors (Lipinski definition) is 11. The number of nitrogens with zero attached hydrogens (tertiary/aromatic N) is 4. The van der Waals surface area contributed by atoms with Crippen molar-refractivity contribution in [1.82, 2.24) is 35.1 Å². The van der Waals surface area contributed by atoms with Gasteiger partial charge in [-0.25, -0.2) is 19.6 Å². The molecule has 3 N–H and O–H groups in total. The van der Waals surface area contributed by atoms with Gasteiger partial charge < -0.3 is 39.4 Å². The van der Waals surface area contributed by atoms with Crippen LogP contribution in [0.2, 0.25) is 0 Å². The standard InChI is InChI=1S/C21H26F3N3O2.C16H18F3N3.C11H19NO3.C10H7F3O2.C10H9F3O/c1-13-5-7-14(8-6-13)16-17(21(22,23)24)26-18(25-16)15-9-11-27(12-10-15)19(28)29-20(2,3)4;1-10-2-4-11(5-3-10)13-14(16(17,18)19)22-15(21-13)12-6-8-20-9-7-12;1-11(2,3)15-10(14)12-6-4-9(8-13)5-7-12;1-6-2-4-7(5-3-6)8(14)9(15)10(11,12)13;1-7-2-4-8(5-3-7)6-9(14)10(11,12)13/h5-8,15H,9-12H2,1-4H3,(H,25,26);2-5,12,20H,6-9H2,1H3,(H,21,22);8-9H,4-7H2,1-3H3;2-5H,1H3;2-5H,6H2,1H3. The Labute approximate surface area is 543 Å². The number of aromatic nitrogens is 4. The number of carbonyl (C=O) groups is 6. The molecule has 95 heavy (non-hydrogen) atoms. The predicted molar refractivity (Wildman–Crippen MR) is 331 cm³/mol. The normalized spacial score (nSPS) is 15.3. The summed E-state index contributed by atoms with van der Waals surface area (Å²) in [5.41, 5.74) is 2.10. The molecule has 5 heterocycles. The molecule has 9 rings (SSSR count). The number of piperidine rings is 3. The van der Waals surface area contributed by atoms with Crippen molar-refractivity contribution in [2.24, 2.45) is 5.92 Å². The molecule has 518 valence electrons. The van der Waals surface area contributed by atoms with Crippen LogP contribution in [0, 0.1) is 33.6 Å². The zero-order chi connectivity index (χ0) is 71.0. The molecule has 3 fully saturated rings. The van der Waals surface area contributed by atoms with E-state index in [1.165, 1.54) is 36.4 Å². The second kappa shape index (κ2) is 32.9. The number of aromatic amines is 2. The van der Waals surface area contributed by atoms with E-state index in [9.17, 15) is 81.5 Å². The molecule has 0 saturated carbocycles. The number of aryl methyl sites for hydroxylation is 4. The molecule has 0 aliphatic carbocycles. The minimum atomic E-state index is -5.11. The van der Waals surface area contributed by atoms with Crippen LogP contribution in [-0.2, 0) is 42.6 Å². The number of H-pyrrole nitrogens is 2. The Bertz CT molecular complexity index is 3490.